The first kappa shape index (κ1) is 18.8. The van der Waals surface area contributed by atoms with E-state index in [1.807, 2.05) is 30.3 Å². The van der Waals surface area contributed by atoms with Gasteiger partial charge in [-0.2, -0.15) is 0 Å². The highest BCUT2D eigenvalue weighted by atomic mass is 16.5. The summed E-state index contributed by atoms with van der Waals surface area (Å²) < 4.78 is 5.92. The fourth-order valence-corrected chi connectivity index (χ4v) is 5.26. The van der Waals surface area contributed by atoms with Crippen LogP contribution < -0.4 is 4.74 Å². The zero-order chi connectivity index (χ0) is 18.5. The van der Waals surface area contributed by atoms with Crippen molar-refractivity contribution in [3.8, 4) is 5.75 Å². The van der Waals surface area contributed by atoms with Crippen molar-refractivity contribution in [1.82, 2.24) is 9.80 Å². The number of nitrogens with zero attached hydrogens (tertiary/aromatic N) is 2. The van der Waals surface area contributed by atoms with Gasteiger partial charge in [-0.05, 0) is 75.6 Å². The van der Waals surface area contributed by atoms with Gasteiger partial charge in [-0.25, -0.2) is 0 Å². The van der Waals surface area contributed by atoms with E-state index in [0.717, 1.165) is 50.8 Å². The molecule has 1 aliphatic carbocycles. The fourth-order valence-electron chi connectivity index (χ4n) is 5.26. The van der Waals surface area contributed by atoms with Gasteiger partial charge in [0.05, 0.1) is 13.2 Å². The molecule has 2 aliphatic heterocycles. The Morgan fingerprint density at radius 3 is 2.48 bits per heavy atom. The standard InChI is InChI=1S/C23H34N2O2/c26-23(25-14-6-8-20-7-4-5-11-22(20)25)17-24-15-12-19(13-16-24)18-27-21-9-2-1-3-10-21/h1-3,9-10,19-20,22H,4-8,11-18H2. The highest BCUT2D eigenvalue weighted by molar-refractivity contribution is 5.78. The Morgan fingerprint density at radius 1 is 0.926 bits per heavy atom. The number of rotatable bonds is 5. The third-order valence-electron chi connectivity index (χ3n) is 6.86. The minimum atomic E-state index is 0.380. The van der Waals surface area contributed by atoms with E-state index in [0.29, 0.717) is 24.4 Å². The first-order chi connectivity index (χ1) is 13.3. The molecule has 3 fully saturated rings. The maximum atomic E-state index is 13.0. The third kappa shape index (κ3) is 4.84. The van der Waals surface area contributed by atoms with Crippen LogP contribution in [0, 0.1) is 11.8 Å². The Labute approximate surface area is 163 Å². The number of piperidine rings is 2. The van der Waals surface area contributed by atoms with Gasteiger partial charge in [-0.3, -0.25) is 9.69 Å². The van der Waals surface area contributed by atoms with E-state index < -0.39 is 0 Å². The number of likely N-dealkylation sites (tertiary alicyclic amines) is 2. The van der Waals surface area contributed by atoms with Crippen molar-refractivity contribution >= 4 is 5.91 Å². The maximum Gasteiger partial charge on any atom is 0.237 e. The largest absolute Gasteiger partial charge is 0.493 e. The Kier molecular flexibility index (Phi) is 6.33. The molecule has 148 valence electrons. The van der Waals surface area contributed by atoms with Crippen LogP contribution in [-0.4, -0.2) is 54.5 Å². The Bertz CT molecular complexity index is 596. The van der Waals surface area contributed by atoms with Crippen LogP contribution >= 0.6 is 0 Å². The second kappa shape index (κ2) is 9.09. The second-order valence-corrected chi connectivity index (χ2v) is 8.68. The molecule has 0 spiro atoms. The van der Waals surface area contributed by atoms with Crippen LogP contribution in [0.3, 0.4) is 0 Å². The normalized spacial score (nSPS) is 27.2. The van der Waals surface area contributed by atoms with Crippen molar-refractivity contribution in [2.75, 3.05) is 32.8 Å². The molecule has 2 saturated heterocycles. The second-order valence-electron chi connectivity index (χ2n) is 8.68. The van der Waals surface area contributed by atoms with Gasteiger partial charge < -0.3 is 9.64 Å². The van der Waals surface area contributed by atoms with E-state index in [1.165, 1.54) is 38.5 Å². The van der Waals surface area contributed by atoms with Gasteiger partial charge >= 0.3 is 0 Å². The number of hydrogen-bond acceptors (Lipinski definition) is 3. The van der Waals surface area contributed by atoms with E-state index in [-0.39, 0.29) is 0 Å². The zero-order valence-electron chi connectivity index (χ0n) is 16.5. The van der Waals surface area contributed by atoms with E-state index in [1.54, 1.807) is 0 Å². The first-order valence-electron chi connectivity index (χ1n) is 11.0. The minimum absolute atomic E-state index is 0.380. The number of carbonyl (C=O) groups is 1. The minimum Gasteiger partial charge on any atom is -0.493 e. The zero-order valence-corrected chi connectivity index (χ0v) is 16.5. The number of hydrogen-bond donors (Lipinski definition) is 0. The molecule has 0 N–H and O–H groups in total. The van der Waals surface area contributed by atoms with E-state index in [9.17, 15) is 4.79 Å². The molecule has 4 rings (SSSR count). The van der Waals surface area contributed by atoms with Crippen LogP contribution in [0.2, 0.25) is 0 Å². The van der Waals surface area contributed by atoms with Gasteiger partial charge in [0.2, 0.25) is 5.91 Å². The highest BCUT2D eigenvalue weighted by Crippen LogP contribution is 2.35. The molecule has 1 aromatic carbocycles. The van der Waals surface area contributed by atoms with E-state index >= 15 is 0 Å². The molecule has 2 atom stereocenters. The van der Waals surface area contributed by atoms with Gasteiger partial charge in [0.1, 0.15) is 5.75 Å². The van der Waals surface area contributed by atoms with Crippen LogP contribution in [0.15, 0.2) is 30.3 Å². The summed E-state index contributed by atoms with van der Waals surface area (Å²) in [4.78, 5) is 17.6. The Hall–Kier alpha value is -1.55. The van der Waals surface area contributed by atoms with Gasteiger partial charge in [-0.15, -0.1) is 0 Å². The van der Waals surface area contributed by atoms with Gasteiger partial charge in [-0.1, -0.05) is 31.0 Å². The highest BCUT2D eigenvalue weighted by Gasteiger charge is 2.36. The molecule has 3 aliphatic rings. The molecule has 1 aromatic rings. The molecule has 27 heavy (non-hydrogen) atoms. The summed E-state index contributed by atoms with van der Waals surface area (Å²) in [6.45, 7) is 4.45. The molecule has 1 saturated carbocycles. The summed E-state index contributed by atoms with van der Waals surface area (Å²) in [5.74, 6) is 2.72. The van der Waals surface area contributed by atoms with Crippen LogP contribution in [0.4, 0.5) is 0 Å². The van der Waals surface area contributed by atoms with Gasteiger partial charge in [0.25, 0.3) is 0 Å². The lowest BCUT2D eigenvalue weighted by Gasteiger charge is -2.45. The molecular formula is C23H34N2O2. The number of para-hydroxylation sites is 1. The van der Waals surface area contributed by atoms with E-state index in [4.69, 9.17) is 4.74 Å². The summed E-state index contributed by atoms with van der Waals surface area (Å²) in [5, 5.41) is 0. The lowest BCUT2D eigenvalue weighted by Crippen LogP contribution is -2.53. The van der Waals surface area contributed by atoms with Gasteiger partial charge in [0, 0.05) is 12.6 Å². The topological polar surface area (TPSA) is 32.8 Å². The molecule has 0 radical (unpaired) electrons. The Morgan fingerprint density at radius 2 is 1.67 bits per heavy atom. The van der Waals surface area contributed by atoms with Crippen molar-refractivity contribution in [2.45, 2.75) is 57.4 Å². The monoisotopic (exact) mass is 370 g/mol. The number of fused-ring (bicyclic) bond motifs is 1. The van der Waals surface area contributed by atoms with Crippen LogP contribution in [-0.2, 0) is 4.79 Å². The number of ether oxygens (including phenoxy) is 1. The van der Waals surface area contributed by atoms with Crippen LogP contribution in [0.25, 0.3) is 0 Å². The molecule has 0 aromatic heterocycles. The van der Waals surface area contributed by atoms with Crippen molar-refractivity contribution in [3.63, 3.8) is 0 Å². The first-order valence-corrected chi connectivity index (χ1v) is 11.0. The predicted octanol–water partition coefficient (Wildman–Crippen LogP) is 3.96. The smallest absolute Gasteiger partial charge is 0.237 e. The van der Waals surface area contributed by atoms with Crippen LogP contribution in [0.5, 0.6) is 5.75 Å². The van der Waals surface area contributed by atoms with Crippen molar-refractivity contribution in [3.05, 3.63) is 30.3 Å². The maximum absolute atomic E-state index is 13.0. The number of benzene rings is 1. The molecule has 4 nitrogen and oxygen atoms in total. The van der Waals surface area contributed by atoms with Crippen molar-refractivity contribution in [1.29, 1.82) is 0 Å². The summed E-state index contributed by atoms with van der Waals surface area (Å²) in [6, 6.07) is 10.6. The summed E-state index contributed by atoms with van der Waals surface area (Å²) >= 11 is 0. The van der Waals surface area contributed by atoms with Crippen LogP contribution in [0.1, 0.15) is 51.4 Å². The number of amides is 1. The average Bonchev–Trinajstić information content (AvgIpc) is 2.73. The van der Waals surface area contributed by atoms with Gasteiger partial charge in [0.15, 0.2) is 0 Å². The summed E-state index contributed by atoms with van der Waals surface area (Å²) in [5.41, 5.74) is 0. The van der Waals surface area contributed by atoms with Crippen molar-refractivity contribution < 1.29 is 9.53 Å². The lowest BCUT2D eigenvalue weighted by molar-refractivity contribution is -0.139. The molecule has 4 heteroatoms. The number of carbonyl (C=O) groups excluding carboxylic acids is 1. The van der Waals surface area contributed by atoms with E-state index in [2.05, 4.69) is 9.80 Å². The summed E-state index contributed by atoms with van der Waals surface area (Å²) in [7, 11) is 0. The molecule has 2 heterocycles. The summed E-state index contributed by atoms with van der Waals surface area (Å²) in [6.07, 6.45) is 10.0. The quantitative estimate of drug-likeness (QED) is 0.786. The third-order valence-corrected chi connectivity index (χ3v) is 6.86. The molecule has 0 bridgehead atoms. The molecule has 2 unspecified atom stereocenters. The average molecular weight is 371 g/mol. The lowest BCUT2D eigenvalue weighted by atomic mass is 9.78. The molecular weight excluding hydrogens is 336 g/mol. The predicted molar refractivity (Wildman–Crippen MR) is 108 cm³/mol. The molecule has 1 amide bonds. The fraction of sp³-hybridized carbons (Fsp3) is 0.696. The Balaban J connectivity index is 1.21. The van der Waals surface area contributed by atoms with Crippen molar-refractivity contribution in [2.24, 2.45) is 11.8 Å². The SMILES string of the molecule is O=C(CN1CCC(COc2ccccc2)CC1)N1CCCC2CCCCC21.